The lowest BCUT2D eigenvalue weighted by Gasteiger charge is -2.15. The van der Waals surface area contributed by atoms with Crippen molar-refractivity contribution in [2.75, 3.05) is 0 Å². The number of ether oxygens (including phenoxy) is 1. The fraction of sp³-hybridized carbons (Fsp3) is 0.0909. The molecule has 1 amide bonds. The summed E-state index contributed by atoms with van der Waals surface area (Å²) in [5.74, 6) is -0.299. The van der Waals surface area contributed by atoms with Gasteiger partial charge in [0.2, 0.25) is 11.7 Å². The summed E-state index contributed by atoms with van der Waals surface area (Å²) >= 11 is 12.1. The largest absolute Gasteiger partial charge is 0.480 e. The van der Waals surface area contributed by atoms with E-state index in [-0.39, 0.29) is 10.8 Å². The average molecular weight is 427 g/mol. The quantitative estimate of drug-likeness (QED) is 0.604. The van der Waals surface area contributed by atoms with E-state index in [0.29, 0.717) is 21.9 Å². The van der Waals surface area contributed by atoms with Crippen LogP contribution in [0.2, 0.25) is 10.0 Å². The minimum atomic E-state index is -0.893. The van der Waals surface area contributed by atoms with Gasteiger partial charge in [0, 0.05) is 21.7 Å². The van der Waals surface area contributed by atoms with Gasteiger partial charge in [0.25, 0.3) is 0 Å². The number of ketones is 1. The first-order chi connectivity index (χ1) is 13.8. The molecule has 0 aromatic heterocycles. The molecule has 0 saturated heterocycles. The minimum absolute atomic E-state index is 0.248. The summed E-state index contributed by atoms with van der Waals surface area (Å²) in [6, 6.07) is 16.5. The third-order valence-electron chi connectivity index (χ3n) is 4.89. The molecule has 0 radical (unpaired) electrons. The third kappa shape index (κ3) is 3.60. The maximum absolute atomic E-state index is 12.9. The number of amides is 1. The van der Waals surface area contributed by atoms with Gasteiger partial charge in [-0.3, -0.25) is 9.59 Å². The normalized spacial score (nSPS) is 17.5. The number of primary amides is 1. The maximum Gasteiger partial charge on any atom is 0.248 e. The summed E-state index contributed by atoms with van der Waals surface area (Å²) in [7, 11) is 0. The summed E-state index contributed by atoms with van der Waals surface area (Å²) in [5.41, 5.74) is 14.7. The van der Waals surface area contributed by atoms with Crippen LogP contribution in [0.25, 0.3) is 11.1 Å². The molecule has 0 saturated carbocycles. The highest BCUT2D eigenvalue weighted by Crippen LogP contribution is 2.40. The molecule has 3 aromatic carbocycles. The van der Waals surface area contributed by atoms with Crippen molar-refractivity contribution >= 4 is 34.9 Å². The Bertz CT molecular complexity index is 1150. The predicted octanol–water partition coefficient (Wildman–Crippen LogP) is 4.40. The lowest BCUT2D eigenvalue weighted by atomic mass is 9.95. The monoisotopic (exact) mass is 426 g/mol. The first-order valence-corrected chi connectivity index (χ1v) is 9.56. The second-order valence-corrected chi connectivity index (χ2v) is 7.59. The van der Waals surface area contributed by atoms with E-state index in [9.17, 15) is 9.59 Å². The lowest BCUT2D eigenvalue weighted by molar-refractivity contribution is 0.0794. The fourth-order valence-corrected chi connectivity index (χ4v) is 3.88. The molecule has 3 aromatic rings. The highest BCUT2D eigenvalue weighted by Gasteiger charge is 2.38. The van der Waals surface area contributed by atoms with Crippen LogP contribution in [-0.2, 0) is 0 Å². The zero-order valence-electron chi connectivity index (χ0n) is 15.1. The third-order valence-corrected chi connectivity index (χ3v) is 5.44. The van der Waals surface area contributed by atoms with Crippen molar-refractivity contribution < 1.29 is 14.3 Å². The van der Waals surface area contributed by atoms with Gasteiger partial charge in [0.15, 0.2) is 6.10 Å². The minimum Gasteiger partial charge on any atom is -0.480 e. The van der Waals surface area contributed by atoms with E-state index in [1.165, 1.54) is 6.07 Å². The van der Waals surface area contributed by atoms with Gasteiger partial charge in [-0.05, 0) is 47.5 Å². The van der Waals surface area contributed by atoms with Crippen LogP contribution in [0.4, 0.5) is 0 Å². The number of hydrogen-bond acceptors (Lipinski definition) is 4. The highest BCUT2D eigenvalue weighted by molar-refractivity contribution is 6.37. The zero-order chi connectivity index (χ0) is 20.7. The molecular weight excluding hydrogens is 411 g/mol. The van der Waals surface area contributed by atoms with Gasteiger partial charge in [-0.25, -0.2) is 0 Å². The number of carbonyl (C=O) groups is 2. The molecule has 2 unspecified atom stereocenters. The number of carbonyl (C=O) groups excluding carboxylic acids is 2. The van der Waals surface area contributed by atoms with E-state index in [4.69, 9.17) is 39.4 Å². The first-order valence-electron chi connectivity index (χ1n) is 8.81. The van der Waals surface area contributed by atoms with Gasteiger partial charge in [0.05, 0.1) is 11.1 Å². The number of hydrogen-bond donors (Lipinski definition) is 2. The number of nitrogens with two attached hydrogens (primary N) is 2. The first kappa shape index (κ1) is 19.5. The molecular formula is C22H16Cl2N2O3. The van der Waals surface area contributed by atoms with E-state index in [2.05, 4.69) is 0 Å². The molecule has 0 aliphatic carbocycles. The molecule has 29 heavy (non-hydrogen) atoms. The molecule has 1 aliphatic heterocycles. The number of fused-ring (bicyclic) bond motifs is 1. The Morgan fingerprint density at radius 2 is 1.69 bits per heavy atom. The highest BCUT2D eigenvalue weighted by atomic mass is 35.5. The molecule has 5 nitrogen and oxygen atoms in total. The standard InChI is InChI=1S/C22H16Cl2N2O3/c23-14-5-7-15(17(24)10-14)20(27)21-19(25)16-6-4-12(9-18(16)29-21)11-2-1-3-13(8-11)22(26)28/h1-10,19,21H,25H2,(H2,26,28). The summed E-state index contributed by atoms with van der Waals surface area (Å²) in [6.07, 6.45) is -0.893. The number of Topliss-reactive ketones (excluding diaryl/α,β-unsaturated/α-hetero) is 1. The molecule has 2 atom stereocenters. The fourth-order valence-electron chi connectivity index (χ4n) is 3.38. The van der Waals surface area contributed by atoms with E-state index < -0.39 is 18.1 Å². The van der Waals surface area contributed by atoms with Crippen LogP contribution in [0.1, 0.15) is 32.3 Å². The Kier molecular flexibility index (Phi) is 5.04. The summed E-state index contributed by atoms with van der Waals surface area (Å²) in [5, 5.41) is 0.688. The molecule has 1 heterocycles. The van der Waals surface area contributed by atoms with Gasteiger partial charge in [-0.15, -0.1) is 0 Å². The van der Waals surface area contributed by atoms with Crippen molar-refractivity contribution in [1.82, 2.24) is 0 Å². The van der Waals surface area contributed by atoms with E-state index in [0.717, 1.165) is 16.7 Å². The smallest absolute Gasteiger partial charge is 0.248 e. The van der Waals surface area contributed by atoms with Gasteiger partial charge in [0.1, 0.15) is 5.75 Å². The van der Waals surface area contributed by atoms with Crippen molar-refractivity contribution in [2.24, 2.45) is 11.5 Å². The Labute approximate surface area is 177 Å². The van der Waals surface area contributed by atoms with Crippen LogP contribution in [0.15, 0.2) is 60.7 Å². The topological polar surface area (TPSA) is 95.4 Å². The van der Waals surface area contributed by atoms with Gasteiger partial charge in [-0.2, -0.15) is 0 Å². The lowest BCUT2D eigenvalue weighted by Crippen LogP contribution is -2.33. The van der Waals surface area contributed by atoms with Crippen molar-refractivity contribution in [3.8, 4) is 16.9 Å². The van der Waals surface area contributed by atoms with Crippen LogP contribution in [0, 0.1) is 0 Å². The Balaban J connectivity index is 1.65. The second kappa shape index (κ2) is 7.52. The molecule has 7 heteroatoms. The van der Waals surface area contributed by atoms with Crippen LogP contribution >= 0.6 is 23.2 Å². The molecule has 4 N–H and O–H groups in total. The summed E-state index contributed by atoms with van der Waals surface area (Å²) < 4.78 is 5.90. The molecule has 0 fully saturated rings. The maximum atomic E-state index is 12.9. The van der Waals surface area contributed by atoms with Gasteiger partial charge in [-0.1, -0.05) is 47.5 Å². The molecule has 146 valence electrons. The van der Waals surface area contributed by atoms with E-state index >= 15 is 0 Å². The molecule has 0 spiro atoms. The number of benzene rings is 3. The van der Waals surface area contributed by atoms with Crippen molar-refractivity contribution in [3.63, 3.8) is 0 Å². The van der Waals surface area contributed by atoms with Crippen LogP contribution in [0.3, 0.4) is 0 Å². The summed E-state index contributed by atoms with van der Waals surface area (Å²) in [6.45, 7) is 0. The molecule has 4 rings (SSSR count). The predicted molar refractivity (Wildman–Crippen MR) is 113 cm³/mol. The Morgan fingerprint density at radius 1 is 0.931 bits per heavy atom. The van der Waals surface area contributed by atoms with Crippen LogP contribution in [-0.4, -0.2) is 17.8 Å². The Hall–Kier alpha value is -2.86. The van der Waals surface area contributed by atoms with E-state index in [1.54, 1.807) is 36.4 Å². The van der Waals surface area contributed by atoms with Crippen molar-refractivity contribution in [1.29, 1.82) is 0 Å². The second-order valence-electron chi connectivity index (χ2n) is 6.75. The SMILES string of the molecule is NC(=O)c1cccc(-c2ccc3c(c2)OC(C(=O)c2ccc(Cl)cc2Cl)C3N)c1. The summed E-state index contributed by atoms with van der Waals surface area (Å²) in [4.78, 5) is 24.4. The zero-order valence-corrected chi connectivity index (χ0v) is 16.6. The van der Waals surface area contributed by atoms with Crippen LogP contribution < -0.4 is 16.2 Å². The Morgan fingerprint density at radius 3 is 2.41 bits per heavy atom. The van der Waals surface area contributed by atoms with Gasteiger partial charge >= 0.3 is 0 Å². The average Bonchev–Trinajstić information content (AvgIpc) is 3.03. The van der Waals surface area contributed by atoms with Crippen molar-refractivity contribution in [3.05, 3.63) is 87.4 Å². The van der Waals surface area contributed by atoms with Crippen LogP contribution in [0.5, 0.6) is 5.75 Å². The molecule has 1 aliphatic rings. The van der Waals surface area contributed by atoms with Gasteiger partial charge < -0.3 is 16.2 Å². The van der Waals surface area contributed by atoms with E-state index in [1.807, 2.05) is 18.2 Å². The number of rotatable bonds is 4. The number of halogens is 2. The van der Waals surface area contributed by atoms with Crippen molar-refractivity contribution in [2.45, 2.75) is 12.1 Å². The molecule has 0 bridgehead atoms.